The molecule has 0 bridgehead atoms. The molecule has 0 spiro atoms. The molecule has 8 rings (SSSR count). The molecular weight excluding hydrogens is 787 g/mol. The van der Waals surface area contributed by atoms with E-state index in [2.05, 4.69) is 32.7 Å². The average molecular weight is 838 g/mol. The van der Waals surface area contributed by atoms with Crippen molar-refractivity contribution < 1.29 is 28.7 Å². The van der Waals surface area contributed by atoms with Gasteiger partial charge >= 0.3 is 12.2 Å². The first-order valence-corrected chi connectivity index (χ1v) is 21.1. The van der Waals surface area contributed by atoms with Crippen molar-refractivity contribution in [2.45, 2.75) is 70.1 Å². The highest BCUT2D eigenvalue weighted by Gasteiger charge is 2.39. The van der Waals surface area contributed by atoms with Gasteiger partial charge in [0.25, 0.3) is 5.91 Å². The minimum absolute atomic E-state index is 0.0630. The number of pyridine rings is 1. The largest absolute Gasteiger partial charge is 0.453 e. The van der Waals surface area contributed by atoms with Crippen molar-refractivity contribution in [3.05, 3.63) is 115 Å². The Kier molecular flexibility index (Phi) is 12.3. The van der Waals surface area contributed by atoms with Crippen LogP contribution in [0.3, 0.4) is 0 Å². The fourth-order valence-electron chi connectivity index (χ4n) is 8.53. The van der Waals surface area contributed by atoms with Crippen molar-refractivity contribution >= 4 is 34.9 Å². The molecule has 3 aromatic carbocycles. The van der Waals surface area contributed by atoms with E-state index in [1.54, 1.807) is 17.3 Å². The highest BCUT2D eigenvalue weighted by atomic mass is 16.5. The van der Waals surface area contributed by atoms with Crippen LogP contribution in [0.15, 0.2) is 97.3 Å². The number of carbonyl (C=O) groups excluding carboxylic acids is 4. The Hall–Kier alpha value is -7.03. The summed E-state index contributed by atoms with van der Waals surface area (Å²) in [6.45, 7) is 5.09. The van der Waals surface area contributed by atoms with Crippen molar-refractivity contribution in [3.8, 4) is 33.8 Å². The summed E-state index contributed by atoms with van der Waals surface area (Å²) in [7, 11) is 2.58. The standard InChI is InChI=1S/C47H51N9O6/c1-5-28(2)40(53-46(59)61-3)44(57)55-23-9-13-38(55)43-49-27-37(52-43)33-20-22-35-32(25-33)19-21-34(50-35)29-15-17-30(18-16-29)36-26-48-42(51-36)39-14-10-24-56(39)45(58)41(54-47(60)62-4)31-11-7-6-8-12-31/h6-8,11-12,15-22,25-28,38-41H,5,9-10,13-14,23-24H2,1-4H3,(H,48,51)(H,49,52)(H,53,59)(H,54,60)/t28-,38-,39-,40-,41+/m0/s1. The molecule has 0 radical (unpaired) electrons. The van der Waals surface area contributed by atoms with Gasteiger partial charge in [0.2, 0.25) is 5.91 Å². The van der Waals surface area contributed by atoms with Crippen molar-refractivity contribution in [1.82, 2.24) is 45.4 Å². The summed E-state index contributed by atoms with van der Waals surface area (Å²) in [6.07, 6.45) is 6.20. The van der Waals surface area contributed by atoms with E-state index in [1.807, 2.05) is 91.5 Å². The van der Waals surface area contributed by atoms with Gasteiger partial charge in [0.1, 0.15) is 23.7 Å². The maximum atomic E-state index is 13.9. The van der Waals surface area contributed by atoms with Gasteiger partial charge in [-0.05, 0) is 60.9 Å². The third-order valence-electron chi connectivity index (χ3n) is 12.2. The number of amides is 4. The zero-order valence-corrected chi connectivity index (χ0v) is 35.3. The second kappa shape index (κ2) is 18.3. The molecule has 5 heterocycles. The van der Waals surface area contributed by atoms with Gasteiger partial charge in [0.15, 0.2) is 0 Å². The molecular formula is C47H51N9O6. The summed E-state index contributed by atoms with van der Waals surface area (Å²) < 4.78 is 9.64. The molecule has 2 aliphatic rings. The highest BCUT2D eigenvalue weighted by molar-refractivity contribution is 5.88. The topological polar surface area (TPSA) is 188 Å². The van der Waals surface area contributed by atoms with E-state index in [0.29, 0.717) is 30.3 Å². The van der Waals surface area contributed by atoms with Crippen LogP contribution in [0.2, 0.25) is 0 Å². The van der Waals surface area contributed by atoms with Crippen molar-refractivity contribution in [1.29, 1.82) is 0 Å². The minimum atomic E-state index is -0.886. The number of fused-ring (bicyclic) bond motifs is 1. The second-order valence-electron chi connectivity index (χ2n) is 15.9. The molecule has 4 N–H and O–H groups in total. The van der Waals surface area contributed by atoms with E-state index >= 15 is 0 Å². The van der Waals surface area contributed by atoms with Crippen LogP contribution >= 0.6 is 0 Å². The summed E-state index contributed by atoms with van der Waals surface area (Å²) >= 11 is 0. The lowest BCUT2D eigenvalue weighted by atomic mass is 9.97. The quantitative estimate of drug-likeness (QED) is 0.0951. The number of carbonyl (C=O) groups is 4. The summed E-state index contributed by atoms with van der Waals surface area (Å²) in [4.78, 5) is 76.9. The maximum Gasteiger partial charge on any atom is 0.407 e. The molecule has 0 unspecified atom stereocenters. The predicted octanol–water partition coefficient (Wildman–Crippen LogP) is 7.88. The lowest BCUT2D eigenvalue weighted by Crippen LogP contribution is -2.51. The van der Waals surface area contributed by atoms with Crippen LogP contribution in [0.5, 0.6) is 0 Å². The Morgan fingerprint density at radius 3 is 1.94 bits per heavy atom. The van der Waals surface area contributed by atoms with Crippen LogP contribution in [0, 0.1) is 5.92 Å². The van der Waals surface area contributed by atoms with Gasteiger partial charge in [0.05, 0.1) is 61.3 Å². The van der Waals surface area contributed by atoms with Crippen LogP contribution in [0.1, 0.15) is 81.3 Å². The van der Waals surface area contributed by atoms with Gasteiger partial charge in [0, 0.05) is 29.6 Å². The molecule has 0 aliphatic carbocycles. The number of ether oxygens (including phenoxy) is 2. The zero-order valence-electron chi connectivity index (χ0n) is 35.3. The molecule has 3 aromatic heterocycles. The summed E-state index contributed by atoms with van der Waals surface area (Å²) in [6, 6.07) is 25.4. The van der Waals surface area contributed by atoms with E-state index in [1.165, 1.54) is 14.2 Å². The third-order valence-corrected chi connectivity index (χ3v) is 12.2. The number of aromatic nitrogens is 5. The Morgan fingerprint density at radius 1 is 0.726 bits per heavy atom. The average Bonchev–Trinajstić information content (AvgIpc) is 4.17. The molecule has 2 fully saturated rings. The van der Waals surface area contributed by atoms with E-state index in [-0.39, 0.29) is 29.8 Å². The predicted molar refractivity (Wildman–Crippen MR) is 233 cm³/mol. The molecule has 5 atom stereocenters. The van der Waals surface area contributed by atoms with Crippen LogP contribution < -0.4 is 10.6 Å². The molecule has 6 aromatic rings. The first kappa shape index (κ1) is 41.7. The van der Waals surface area contributed by atoms with Gasteiger partial charge in [-0.2, -0.15) is 0 Å². The monoisotopic (exact) mass is 837 g/mol. The van der Waals surface area contributed by atoms with Crippen LogP contribution in [0.4, 0.5) is 9.59 Å². The number of H-pyrrole nitrogens is 2. The Morgan fingerprint density at radius 2 is 1.31 bits per heavy atom. The molecule has 4 amide bonds. The second-order valence-corrected chi connectivity index (χ2v) is 15.9. The lowest BCUT2D eigenvalue weighted by Gasteiger charge is -2.30. The number of likely N-dealkylation sites (tertiary alicyclic amines) is 2. The summed E-state index contributed by atoms with van der Waals surface area (Å²) in [5.41, 5.74) is 6.89. The van der Waals surface area contributed by atoms with E-state index in [0.717, 1.165) is 76.8 Å². The molecule has 62 heavy (non-hydrogen) atoms. The number of aromatic amines is 2. The van der Waals surface area contributed by atoms with Crippen LogP contribution in [0.25, 0.3) is 44.7 Å². The van der Waals surface area contributed by atoms with Crippen LogP contribution in [-0.4, -0.2) is 92.1 Å². The number of imidazole rings is 2. The van der Waals surface area contributed by atoms with E-state index in [4.69, 9.17) is 24.4 Å². The first-order chi connectivity index (χ1) is 30.1. The van der Waals surface area contributed by atoms with Gasteiger partial charge in [-0.1, -0.05) is 87.0 Å². The van der Waals surface area contributed by atoms with Gasteiger partial charge in [-0.25, -0.2) is 24.5 Å². The molecule has 15 heteroatoms. The Bertz CT molecular complexity index is 2560. The van der Waals surface area contributed by atoms with Gasteiger partial charge in [-0.3, -0.25) is 9.59 Å². The Labute approximate surface area is 359 Å². The van der Waals surface area contributed by atoms with Crippen molar-refractivity contribution in [2.75, 3.05) is 27.3 Å². The maximum absolute atomic E-state index is 13.9. The molecule has 2 aliphatic heterocycles. The molecule has 2 saturated heterocycles. The molecule has 0 saturated carbocycles. The molecule has 320 valence electrons. The minimum Gasteiger partial charge on any atom is -0.453 e. The normalized spacial score (nSPS) is 17.7. The van der Waals surface area contributed by atoms with E-state index in [9.17, 15) is 19.2 Å². The molecule has 15 nitrogen and oxygen atoms in total. The first-order valence-electron chi connectivity index (χ1n) is 21.1. The number of alkyl carbamates (subject to hydrolysis) is 2. The van der Waals surface area contributed by atoms with Crippen molar-refractivity contribution in [2.24, 2.45) is 5.92 Å². The number of methoxy groups -OCH3 is 2. The highest BCUT2D eigenvalue weighted by Crippen LogP contribution is 2.36. The Balaban J connectivity index is 0.942. The summed E-state index contributed by atoms with van der Waals surface area (Å²) in [5.74, 6) is 0.997. The number of benzene rings is 3. The number of nitrogens with zero attached hydrogens (tertiary/aromatic N) is 5. The van der Waals surface area contributed by atoms with Gasteiger partial charge in [-0.15, -0.1) is 0 Å². The number of hydrogen-bond acceptors (Lipinski definition) is 9. The smallest absolute Gasteiger partial charge is 0.407 e. The summed E-state index contributed by atoms with van der Waals surface area (Å²) in [5, 5.41) is 6.44. The fraction of sp³-hybridized carbons (Fsp3) is 0.340. The van der Waals surface area contributed by atoms with Crippen molar-refractivity contribution in [3.63, 3.8) is 0 Å². The van der Waals surface area contributed by atoms with Gasteiger partial charge < -0.3 is 39.9 Å². The fourth-order valence-corrected chi connectivity index (χ4v) is 8.53. The number of rotatable bonds is 12. The van der Waals surface area contributed by atoms with E-state index < -0.39 is 24.3 Å². The number of nitrogens with one attached hydrogen (secondary N) is 4. The lowest BCUT2D eigenvalue weighted by molar-refractivity contribution is -0.136. The number of hydrogen-bond donors (Lipinski definition) is 4. The third kappa shape index (κ3) is 8.60. The SMILES string of the molecule is CC[C@H](C)[C@H](NC(=O)OC)C(=O)N1CCC[C@H]1c1ncc(-c2ccc3nc(-c4ccc(-c5cnc([C@@H]6CCCN6C(=O)[C@H](NC(=O)OC)c6ccccc6)[nH]5)cc4)ccc3c2)[nH]1. The zero-order chi connectivity index (χ0) is 43.3. The van der Waals surface area contributed by atoms with Crippen LogP contribution in [-0.2, 0) is 19.1 Å².